The number of carbonyl (C=O) groups excluding carboxylic acids is 1. The van der Waals surface area contributed by atoms with Gasteiger partial charge in [-0.3, -0.25) is 4.79 Å². The molecule has 0 saturated heterocycles. The maximum absolute atomic E-state index is 12.1. The standard InChI is InChI=1S/C15H29NO3/c1-11(2)7-9-19-12(3)14(18)16-13-6-5-8-15(13,4)10-17/h11-13,17H,5-10H2,1-4H3,(H,16,18). The molecule has 1 rings (SSSR count). The summed E-state index contributed by atoms with van der Waals surface area (Å²) >= 11 is 0. The molecule has 1 saturated carbocycles. The van der Waals surface area contributed by atoms with Crippen LogP contribution in [-0.2, 0) is 9.53 Å². The maximum Gasteiger partial charge on any atom is 0.249 e. The molecule has 0 aromatic carbocycles. The molecule has 3 atom stereocenters. The van der Waals surface area contributed by atoms with E-state index in [2.05, 4.69) is 19.2 Å². The van der Waals surface area contributed by atoms with Gasteiger partial charge in [0.25, 0.3) is 0 Å². The van der Waals surface area contributed by atoms with E-state index in [1.165, 1.54) is 0 Å². The molecular formula is C15H29NO3. The van der Waals surface area contributed by atoms with Crippen LogP contribution < -0.4 is 5.32 Å². The molecule has 112 valence electrons. The van der Waals surface area contributed by atoms with E-state index < -0.39 is 6.10 Å². The van der Waals surface area contributed by atoms with Gasteiger partial charge in [-0.15, -0.1) is 0 Å². The van der Waals surface area contributed by atoms with Crippen molar-refractivity contribution in [3.8, 4) is 0 Å². The Bertz CT molecular complexity index is 293. The highest BCUT2D eigenvalue weighted by molar-refractivity contribution is 5.80. The van der Waals surface area contributed by atoms with Gasteiger partial charge in [0.15, 0.2) is 0 Å². The molecule has 0 spiro atoms. The second-order valence-corrected chi connectivity index (χ2v) is 6.46. The summed E-state index contributed by atoms with van der Waals surface area (Å²) in [7, 11) is 0. The van der Waals surface area contributed by atoms with Gasteiger partial charge in [-0.05, 0) is 32.1 Å². The zero-order valence-corrected chi connectivity index (χ0v) is 12.7. The average Bonchev–Trinajstić information content (AvgIpc) is 2.71. The molecule has 0 bridgehead atoms. The second kappa shape index (κ2) is 7.25. The van der Waals surface area contributed by atoms with Crippen molar-refractivity contribution >= 4 is 5.91 Å². The Morgan fingerprint density at radius 3 is 2.74 bits per heavy atom. The van der Waals surface area contributed by atoms with Gasteiger partial charge in [0.2, 0.25) is 5.91 Å². The van der Waals surface area contributed by atoms with Gasteiger partial charge in [-0.1, -0.05) is 27.2 Å². The molecule has 0 heterocycles. The van der Waals surface area contributed by atoms with E-state index in [1.807, 2.05) is 6.92 Å². The summed E-state index contributed by atoms with van der Waals surface area (Å²) < 4.78 is 5.55. The third-order valence-electron chi connectivity index (χ3n) is 4.19. The SMILES string of the molecule is CC(C)CCOC(C)C(=O)NC1CCCC1(C)CO. The zero-order chi connectivity index (χ0) is 14.5. The third-order valence-corrected chi connectivity index (χ3v) is 4.19. The van der Waals surface area contributed by atoms with Crippen LogP contribution in [0.3, 0.4) is 0 Å². The Kier molecular flexibility index (Phi) is 6.27. The first-order chi connectivity index (χ1) is 8.89. The Balaban J connectivity index is 2.37. The predicted molar refractivity (Wildman–Crippen MR) is 75.8 cm³/mol. The Morgan fingerprint density at radius 1 is 1.47 bits per heavy atom. The van der Waals surface area contributed by atoms with Crippen molar-refractivity contribution in [3.05, 3.63) is 0 Å². The summed E-state index contributed by atoms with van der Waals surface area (Å²) in [5, 5.41) is 12.5. The predicted octanol–water partition coefficient (Wildman–Crippen LogP) is 2.10. The second-order valence-electron chi connectivity index (χ2n) is 6.46. The molecule has 4 heteroatoms. The molecule has 19 heavy (non-hydrogen) atoms. The number of rotatable bonds is 7. The number of amides is 1. The van der Waals surface area contributed by atoms with E-state index in [0.29, 0.717) is 12.5 Å². The topological polar surface area (TPSA) is 58.6 Å². The number of carbonyl (C=O) groups is 1. The lowest BCUT2D eigenvalue weighted by Crippen LogP contribution is -2.48. The molecular weight excluding hydrogens is 242 g/mol. The Hall–Kier alpha value is -0.610. The molecule has 2 N–H and O–H groups in total. The van der Waals surface area contributed by atoms with Crippen LogP contribution in [0.4, 0.5) is 0 Å². The molecule has 0 radical (unpaired) electrons. The van der Waals surface area contributed by atoms with Gasteiger partial charge in [0, 0.05) is 18.1 Å². The van der Waals surface area contributed by atoms with Crippen molar-refractivity contribution in [2.45, 2.75) is 65.5 Å². The van der Waals surface area contributed by atoms with Crippen LogP contribution >= 0.6 is 0 Å². The molecule has 0 aromatic heterocycles. The van der Waals surface area contributed by atoms with Crippen LogP contribution in [0.1, 0.15) is 53.4 Å². The average molecular weight is 271 g/mol. The van der Waals surface area contributed by atoms with E-state index in [4.69, 9.17) is 4.74 Å². The van der Waals surface area contributed by atoms with Crippen molar-refractivity contribution < 1.29 is 14.6 Å². The van der Waals surface area contributed by atoms with E-state index in [1.54, 1.807) is 6.92 Å². The Morgan fingerprint density at radius 2 is 2.16 bits per heavy atom. The first-order valence-electron chi connectivity index (χ1n) is 7.42. The van der Waals surface area contributed by atoms with Gasteiger partial charge in [-0.2, -0.15) is 0 Å². The highest BCUT2D eigenvalue weighted by atomic mass is 16.5. The first-order valence-corrected chi connectivity index (χ1v) is 7.42. The minimum atomic E-state index is -0.415. The van der Waals surface area contributed by atoms with Crippen molar-refractivity contribution in [1.29, 1.82) is 0 Å². The fourth-order valence-corrected chi connectivity index (χ4v) is 2.51. The molecule has 1 aliphatic carbocycles. The van der Waals surface area contributed by atoms with E-state index in [9.17, 15) is 9.90 Å². The van der Waals surface area contributed by atoms with Crippen LogP contribution in [-0.4, -0.2) is 36.4 Å². The summed E-state index contributed by atoms with van der Waals surface area (Å²) in [4.78, 5) is 12.1. The normalized spacial score (nSPS) is 28.6. The van der Waals surface area contributed by atoms with Gasteiger partial charge < -0.3 is 15.2 Å². The van der Waals surface area contributed by atoms with Crippen molar-refractivity contribution in [1.82, 2.24) is 5.32 Å². The Labute approximate surface area is 116 Å². The van der Waals surface area contributed by atoms with Gasteiger partial charge in [-0.25, -0.2) is 0 Å². The molecule has 0 aromatic rings. The van der Waals surface area contributed by atoms with Gasteiger partial charge in [0.1, 0.15) is 6.10 Å². The lowest BCUT2D eigenvalue weighted by molar-refractivity contribution is -0.133. The molecule has 0 aliphatic heterocycles. The van der Waals surface area contributed by atoms with Crippen LogP contribution in [0.2, 0.25) is 0 Å². The van der Waals surface area contributed by atoms with E-state index in [0.717, 1.165) is 25.7 Å². The van der Waals surface area contributed by atoms with Gasteiger partial charge in [0.05, 0.1) is 6.61 Å². The lowest BCUT2D eigenvalue weighted by atomic mass is 9.86. The number of aliphatic hydroxyl groups excluding tert-OH is 1. The molecule has 4 nitrogen and oxygen atoms in total. The first kappa shape index (κ1) is 16.4. The van der Waals surface area contributed by atoms with E-state index in [-0.39, 0.29) is 24.0 Å². The smallest absolute Gasteiger partial charge is 0.249 e. The summed E-state index contributed by atoms with van der Waals surface area (Å²) in [6.07, 6.45) is 3.53. The minimum Gasteiger partial charge on any atom is -0.396 e. The quantitative estimate of drug-likeness (QED) is 0.745. The van der Waals surface area contributed by atoms with E-state index >= 15 is 0 Å². The third kappa shape index (κ3) is 4.77. The fraction of sp³-hybridized carbons (Fsp3) is 0.933. The van der Waals surface area contributed by atoms with Gasteiger partial charge >= 0.3 is 0 Å². The largest absolute Gasteiger partial charge is 0.396 e. The number of aliphatic hydroxyl groups is 1. The molecule has 1 amide bonds. The highest BCUT2D eigenvalue weighted by Crippen LogP contribution is 2.37. The van der Waals surface area contributed by atoms with Crippen LogP contribution in [0.25, 0.3) is 0 Å². The molecule has 1 fully saturated rings. The molecule has 1 aliphatic rings. The number of hydrogen-bond donors (Lipinski definition) is 2. The van der Waals surface area contributed by atoms with Crippen LogP contribution in [0.15, 0.2) is 0 Å². The fourth-order valence-electron chi connectivity index (χ4n) is 2.51. The zero-order valence-electron chi connectivity index (χ0n) is 12.7. The summed E-state index contributed by atoms with van der Waals surface area (Å²) in [6.45, 7) is 8.85. The minimum absolute atomic E-state index is 0.0599. The highest BCUT2D eigenvalue weighted by Gasteiger charge is 2.39. The van der Waals surface area contributed by atoms with Crippen LogP contribution in [0.5, 0.6) is 0 Å². The summed E-state index contributed by atoms with van der Waals surface area (Å²) in [5.74, 6) is 0.526. The monoisotopic (exact) mass is 271 g/mol. The summed E-state index contributed by atoms with van der Waals surface area (Å²) in [5.41, 5.74) is -0.173. The summed E-state index contributed by atoms with van der Waals surface area (Å²) in [6, 6.07) is 0.0705. The van der Waals surface area contributed by atoms with Crippen LogP contribution in [0, 0.1) is 11.3 Å². The number of hydrogen-bond acceptors (Lipinski definition) is 3. The lowest BCUT2D eigenvalue weighted by Gasteiger charge is -2.31. The number of ether oxygens (including phenoxy) is 1. The van der Waals surface area contributed by atoms with Crippen molar-refractivity contribution in [3.63, 3.8) is 0 Å². The molecule has 3 unspecified atom stereocenters. The number of nitrogens with one attached hydrogen (secondary N) is 1. The van der Waals surface area contributed by atoms with Crippen molar-refractivity contribution in [2.75, 3.05) is 13.2 Å². The maximum atomic E-state index is 12.1. The van der Waals surface area contributed by atoms with Crippen molar-refractivity contribution in [2.24, 2.45) is 11.3 Å².